The molecule has 1 aromatic heterocycles. The second-order valence-electron chi connectivity index (χ2n) is 5.11. The average Bonchev–Trinajstić information content (AvgIpc) is 2.53. The predicted octanol–water partition coefficient (Wildman–Crippen LogP) is 0.658. The van der Waals surface area contributed by atoms with Gasteiger partial charge in [0.25, 0.3) is 5.91 Å². The van der Waals surface area contributed by atoms with Crippen LogP contribution in [0.2, 0.25) is 0 Å². The molecule has 9 heteroatoms. The molecule has 1 aliphatic rings. The molecule has 1 fully saturated rings. The summed E-state index contributed by atoms with van der Waals surface area (Å²) in [5, 5.41) is 5.91. The van der Waals surface area contributed by atoms with Gasteiger partial charge in [-0.3, -0.25) is 9.69 Å². The van der Waals surface area contributed by atoms with Crippen LogP contribution in [0.4, 0.5) is 13.2 Å². The van der Waals surface area contributed by atoms with Gasteiger partial charge < -0.3 is 15.4 Å². The third-order valence-electron chi connectivity index (χ3n) is 3.31. The largest absolute Gasteiger partial charge is 0.467 e. The van der Waals surface area contributed by atoms with E-state index in [-0.39, 0.29) is 11.4 Å². The summed E-state index contributed by atoms with van der Waals surface area (Å²) in [5.74, 6) is -0.810. The van der Waals surface area contributed by atoms with E-state index in [2.05, 4.69) is 25.3 Å². The molecule has 1 saturated heterocycles. The zero-order chi connectivity index (χ0) is 16.7. The first-order valence-electron chi connectivity index (χ1n) is 7.31. The van der Waals surface area contributed by atoms with E-state index in [0.717, 1.165) is 26.2 Å². The first-order valence-corrected chi connectivity index (χ1v) is 7.31. The number of aromatic nitrogens is 1. The summed E-state index contributed by atoms with van der Waals surface area (Å²) in [5.41, 5.74) is -0.00272. The van der Waals surface area contributed by atoms with Gasteiger partial charge in [0, 0.05) is 45.5 Å². The molecule has 2 N–H and O–H groups in total. The highest BCUT2D eigenvalue weighted by molar-refractivity contribution is 5.96. The maximum atomic E-state index is 12.2. The standard InChI is InChI=1S/C14H19F3N4O2/c15-14(16,17)10-23-13-11(2-1-3-20-13)12(22)19-6-9-21-7-4-18-5-8-21/h1-3,18H,4-10H2,(H,19,22). The number of nitrogens with zero attached hydrogens (tertiary/aromatic N) is 2. The Kier molecular flexibility index (Phi) is 6.17. The molecule has 1 amide bonds. The van der Waals surface area contributed by atoms with E-state index < -0.39 is 18.7 Å². The molecule has 0 saturated carbocycles. The van der Waals surface area contributed by atoms with Gasteiger partial charge in [0.2, 0.25) is 5.88 Å². The number of halogens is 3. The Morgan fingerprint density at radius 3 is 2.83 bits per heavy atom. The van der Waals surface area contributed by atoms with Crippen LogP contribution in [0.3, 0.4) is 0 Å². The number of carbonyl (C=O) groups is 1. The number of piperazine rings is 1. The van der Waals surface area contributed by atoms with E-state index in [1.165, 1.54) is 18.3 Å². The van der Waals surface area contributed by atoms with Gasteiger partial charge in [-0.25, -0.2) is 4.98 Å². The summed E-state index contributed by atoms with van der Waals surface area (Å²) in [7, 11) is 0. The summed E-state index contributed by atoms with van der Waals surface area (Å²) in [6, 6.07) is 2.87. The minimum absolute atomic E-state index is 0.00272. The van der Waals surface area contributed by atoms with Crippen molar-refractivity contribution in [1.29, 1.82) is 0 Å². The summed E-state index contributed by atoms with van der Waals surface area (Å²) in [6.45, 7) is 3.24. The van der Waals surface area contributed by atoms with Crippen molar-refractivity contribution in [3.8, 4) is 5.88 Å². The highest BCUT2D eigenvalue weighted by Gasteiger charge is 2.29. The van der Waals surface area contributed by atoms with Crippen LogP contribution in [-0.2, 0) is 0 Å². The molecule has 0 aliphatic carbocycles. The molecular formula is C14H19F3N4O2. The molecule has 0 radical (unpaired) electrons. The Hall–Kier alpha value is -1.87. The zero-order valence-electron chi connectivity index (χ0n) is 12.5. The highest BCUT2D eigenvalue weighted by atomic mass is 19.4. The van der Waals surface area contributed by atoms with E-state index in [1.54, 1.807) is 0 Å². The summed E-state index contributed by atoms with van der Waals surface area (Å²) >= 11 is 0. The molecule has 128 valence electrons. The maximum absolute atomic E-state index is 12.2. The SMILES string of the molecule is O=C(NCCN1CCNCC1)c1cccnc1OCC(F)(F)F. The van der Waals surface area contributed by atoms with E-state index in [1.807, 2.05) is 0 Å². The molecule has 0 spiro atoms. The quantitative estimate of drug-likeness (QED) is 0.801. The van der Waals surface area contributed by atoms with Crippen molar-refractivity contribution in [2.75, 3.05) is 45.9 Å². The van der Waals surface area contributed by atoms with Gasteiger partial charge in [-0.1, -0.05) is 0 Å². The number of hydrogen-bond donors (Lipinski definition) is 2. The van der Waals surface area contributed by atoms with Crippen molar-refractivity contribution in [3.63, 3.8) is 0 Å². The van der Waals surface area contributed by atoms with Gasteiger partial charge in [-0.15, -0.1) is 0 Å². The predicted molar refractivity (Wildman–Crippen MR) is 77.4 cm³/mol. The molecule has 1 aromatic rings. The molecular weight excluding hydrogens is 313 g/mol. The summed E-state index contributed by atoms with van der Waals surface area (Å²) in [6.07, 6.45) is -3.20. The average molecular weight is 332 g/mol. The molecule has 1 aliphatic heterocycles. The number of rotatable bonds is 6. The van der Waals surface area contributed by atoms with Crippen molar-refractivity contribution in [2.45, 2.75) is 6.18 Å². The third kappa shape index (κ3) is 6.03. The van der Waals surface area contributed by atoms with Crippen LogP contribution in [0.15, 0.2) is 18.3 Å². The van der Waals surface area contributed by atoms with Crippen LogP contribution in [0.1, 0.15) is 10.4 Å². The number of carbonyl (C=O) groups excluding carboxylic acids is 1. The highest BCUT2D eigenvalue weighted by Crippen LogP contribution is 2.19. The fourth-order valence-corrected chi connectivity index (χ4v) is 2.19. The Morgan fingerprint density at radius 1 is 1.39 bits per heavy atom. The monoisotopic (exact) mass is 332 g/mol. The van der Waals surface area contributed by atoms with E-state index in [0.29, 0.717) is 13.1 Å². The number of nitrogens with one attached hydrogen (secondary N) is 2. The zero-order valence-corrected chi connectivity index (χ0v) is 12.5. The minimum Gasteiger partial charge on any atom is -0.467 e. The van der Waals surface area contributed by atoms with Crippen LogP contribution >= 0.6 is 0 Å². The van der Waals surface area contributed by atoms with E-state index in [9.17, 15) is 18.0 Å². The van der Waals surface area contributed by atoms with Gasteiger partial charge in [-0.05, 0) is 12.1 Å². The number of ether oxygens (including phenoxy) is 1. The fourth-order valence-electron chi connectivity index (χ4n) is 2.19. The number of pyridine rings is 1. The van der Waals surface area contributed by atoms with Gasteiger partial charge in [-0.2, -0.15) is 13.2 Å². The normalized spacial score (nSPS) is 16.1. The molecule has 0 atom stereocenters. The second kappa shape index (κ2) is 8.11. The molecule has 0 unspecified atom stereocenters. The van der Waals surface area contributed by atoms with Crippen LogP contribution in [-0.4, -0.2) is 67.8 Å². The van der Waals surface area contributed by atoms with Crippen molar-refractivity contribution >= 4 is 5.91 Å². The van der Waals surface area contributed by atoms with Crippen molar-refractivity contribution in [3.05, 3.63) is 23.9 Å². The van der Waals surface area contributed by atoms with Crippen LogP contribution in [0.5, 0.6) is 5.88 Å². The van der Waals surface area contributed by atoms with Gasteiger partial charge in [0.1, 0.15) is 5.56 Å². The van der Waals surface area contributed by atoms with Gasteiger partial charge in [0.15, 0.2) is 6.61 Å². The van der Waals surface area contributed by atoms with Crippen LogP contribution in [0, 0.1) is 0 Å². The van der Waals surface area contributed by atoms with Crippen LogP contribution < -0.4 is 15.4 Å². The van der Waals surface area contributed by atoms with Gasteiger partial charge in [0.05, 0.1) is 0 Å². The lowest BCUT2D eigenvalue weighted by molar-refractivity contribution is -0.154. The topological polar surface area (TPSA) is 66.5 Å². The molecule has 2 rings (SSSR count). The number of alkyl halides is 3. The Labute approximate surface area is 132 Å². The molecule has 23 heavy (non-hydrogen) atoms. The maximum Gasteiger partial charge on any atom is 0.422 e. The van der Waals surface area contributed by atoms with Crippen molar-refractivity contribution < 1.29 is 22.7 Å². The number of hydrogen-bond acceptors (Lipinski definition) is 5. The number of amides is 1. The van der Waals surface area contributed by atoms with Crippen molar-refractivity contribution in [1.82, 2.24) is 20.5 Å². The first kappa shape index (κ1) is 17.5. The van der Waals surface area contributed by atoms with Gasteiger partial charge >= 0.3 is 6.18 Å². The second-order valence-corrected chi connectivity index (χ2v) is 5.11. The lowest BCUT2D eigenvalue weighted by Gasteiger charge is -2.27. The molecule has 2 heterocycles. The van der Waals surface area contributed by atoms with Crippen LogP contribution in [0.25, 0.3) is 0 Å². The molecule has 0 bridgehead atoms. The summed E-state index contributed by atoms with van der Waals surface area (Å²) < 4.78 is 41.3. The third-order valence-corrected chi connectivity index (χ3v) is 3.31. The van der Waals surface area contributed by atoms with E-state index in [4.69, 9.17) is 0 Å². The lowest BCUT2D eigenvalue weighted by Crippen LogP contribution is -2.46. The Balaban J connectivity index is 1.85. The smallest absolute Gasteiger partial charge is 0.422 e. The molecule has 6 nitrogen and oxygen atoms in total. The first-order chi connectivity index (χ1) is 11.0. The Bertz CT molecular complexity index is 519. The fraction of sp³-hybridized carbons (Fsp3) is 0.571. The van der Waals surface area contributed by atoms with Crippen molar-refractivity contribution in [2.24, 2.45) is 0 Å². The summed E-state index contributed by atoms with van der Waals surface area (Å²) in [4.78, 5) is 18.0. The Morgan fingerprint density at radius 2 is 2.13 bits per heavy atom. The van der Waals surface area contributed by atoms with E-state index >= 15 is 0 Å². The lowest BCUT2D eigenvalue weighted by atomic mass is 10.2. The molecule has 0 aromatic carbocycles. The minimum atomic E-state index is -4.48.